The highest BCUT2D eigenvalue weighted by molar-refractivity contribution is 7.85. The first kappa shape index (κ1) is 23.6. The molecule has 0 rings (SSSR count). The SMILES string of the molecule is C/C=C\C(CCC(N)C(CC)CCC)CC(CS(=O)(=O)O)C(C)N. The van der Waals surface area contributed by atoms with E-state index in [2.05, 4.69) is 19.9 Å². The molecule has 0 aromatic carbocycles. The number of allylic oxidation sites excluding steroid dienone is 2. The van der Waals surface area contributed by atoms with Crippen molar-refractivity contribution in [1.82, 2.24) is 0 Å². The number of hydrogen-bond donors (Lipinski definition) is 3. The zero-order valence-corrected chi connectivity index (χ0v) is 16.6. The summed E-state index contributed by atoms with van der Waals surface area (Å²) in [5.41, 5.74) is 12.3. The van der Waals surface area contributed by atoms with Crippen molar-refractivity contribution in [3.63, 3.8) is 0 Å². The minimum atomic E-state index is -4.01. The monoisotopic (exact) mass is 362 g/mol. The van der Waals surface area contributed by atoms with Crippen LogP contribution in [0.1, 0.15) is 66.2 Å². The first-order valence-electron chi connectivity index (χ1n) is 9.23. The fourth-order valence-electron chi connectivity index (χ4n) is 3.39. The van der Waals surface area contributed by atoms with E-state index in [0.29, 0.717) is 12.3 Å². The van der Waals surface area contributed by atoms with Crippen LogP contribution in [0.5, 0.6) is 0 Å². The van der Waals surface area contributed by atoms with Gasteiger partial charge in [-0.25, -0.2) is 0 Å². The van der Waals surface area contributed by atoms with Crippen molar-refractivity contribution in [3.05, 3.63) is 12.2 Å². The van der Waals surface area contributed by atoms with Gasteiger partial charge in [0.2, 0.25) is 0 Å². The first-order chi connectivity index (χ1) is 11.1. The van der Waals surface area contributed by atoms with Gasteiger partial charge >= 0.3 is 0 Å². The molecule has 0 aliphatic carbocycles. The smallest absolute Gasteiger partial charge is 0.265 e. The van der Waals surface area contributed by atoms with Crippen molar-refractivity contribution in [1.29, 1.82) is 0 Å². The van der Waals surface area contributed by atoms with E-state index >= 15 is 0 Å². The van der Waals surface area contributed by atoms with Crippen molar-refractivity contribution >= 4 is 10.1 Å². The van der Waals surface area contributed by atoms with Gasteiger partial charge < -0.3 is 11.5 Å². The molecule has 5 unspecified atom stereocenters. The normalized spacial score (nSPS) is 19.1. The van der Waals surface area contributed by atoms with E-state index in [9.17, 15) is 8.42 Å². The van der Waals surface area contributed by atoms with Crippen molar-refractivity contribution in [3.8, 4) is 0 Å². The Labute approximate surface area is 149 Å². The second-order valence-corrected chi connectivity index (χ2v) is 8.58. The lowest BCUT2D eigenvalue weighted by atomic mass is 9.84. The minimum absolute atomic E-state index is 0.179. The lowest BCUT2D eigenvalue weighted by Crippen LogP contribution is -2.34. The van der Waals surface area contributed by atoms with Gasteiger partial charge in [-0.3, -0.25) is 4.55 Å². The fraction of sp³-hybridized carbons (Fsp3) is 0.889. The molecular formula is C18H38N2O3S. The lowest BCUT2D eigenvalue weighted by Gasteiger charge is -2.26. The van der Waals surface area contributed by atoms with Crippen LogP contribution in [-0.4, -0.2) is 30.8 Å². The van der Waals surface area contributed by atoms with E-state index in [1.807, 2.05) is 13.0 Å². The third-order valence-corrected chi connectivity index (χ3v) is 5.75. The van der Waals surface area contributed by atoms with Crippen LogP contribution >= 0.6 is 0 Å². The minimum Gasteiger partial charge on any atom is -0.328 e. The van der Waals surface area contributed by atoms with Crippen LogP contribution in [0.3, 0.4) is 0 Å². The molecule has 5 N–H and O–H groups in total. The van der Waals surface area contributed by atoms with Crippen molar-refractivity contribution in [2.24, 2.45) is 29.2 Å². The molecule has 0 bridgehead atoms. The summed E-state index contributed by atoms with van der Waals surface area (Å²) in [7, 11) is -4.01. The average molecular weight is 363 g/mol. The summed E-state index contributed by atoms with van der Waals surface area (Å²) in [4.78, 5) is 0. The predicted molar refractivity (Wildman–Crippen MR) is 102 cm³/mol. The Hall–Kier alpha value is -0.430. The van der Waals surface area contributed by atoms with Crippen LogP contribution in [0.25, 0.3) is 0 Å². The number of nitrogens with two attached hydrogens (primary N) is 2. The number of hydrogen-bond acceptors (Lipinski definition) is 4. The maximum atomic E-state index is 11.2. The maximum absolute atomic E-state index is 11.2. The summed E-state index contributed by atoms with van der Waals surface area (Å²) in [6.45, 7) is 8.12. The molecule has 24 heavy (non-hydrogen) atoms. The van der Waals surface area contributed by atoms with Gasteiger partial charge in [0.05, 0.1) is 5.75 Å². The second-order valence-electron chi connectivity index (χ2n) is 7.09. The van der Waals surface area contributed by atoms with Crippen LogP contribution < -0.4 is 11.5 Å². The van der Waals surface area contributed by atoms with Crippen molar-refractivity contribution in [2.45, 2.75) is 78.3 Å². The highest BCUT2D eigenvalue weighted by atomic mass is 32.2. The Morgan fingerprint density at radius 2 is 1.71 bits per heavy atom. The largest absolute Gasteiger partial charge is 0.328 e. The van der Waals surface area contributed by atoms with Gasteiger partial charge in [0.25, 0.3) is 10.1 Å². The number of rotatable bonds is 13. The van der Waals surface area contributed by atoms with Gasteiger partial charge in [-0.1, -0.05) is 38.8 Å². The van der Waals surface area contributed by atoms with Gasteiger partial charge in [0.15, 0.2) is 0 Å². The molecule has 0 spiro atoms. The summed E-state index contributed by atoms with van der Waals surface area (Å²) in [5.74, 6) is 0.245. The van der Waals surface area contributed by atoms with E-state index in [1.54, 1.807) is 6.92 Å². The zero-order valence-electron chi connectivity index (χ0n) is 15.8. The highest BCUT2D eigenvalue weighted by Crippen LogP contribution is 2.25. The molecule has 0 aliphatic heterocycles. The molecule has 0 aliphatic rings. The Morgan fingerprint density at radius 3 is 2.12 bits per heavy atom. The second kappa shape index (κ2) is 12.0. The topological polar surface area (TPSA) is 106 Å². The maximum Gasteiger partial charge on any atom is 0.265 e. The van der Waals surface area contributed by atoms with Crippen LogP contribution in [-0.2, 0) is 10.1 Å². The third-order valence-electron chi connectivity index (χ3n) is 4.90. The van der Waals surface area contributed by atoms with E-state index in [1.165, 1.54) is 0 Å². The highest BCUT2D eigenvalue weighted by Gasteiger charge is 2.24. The van der Waals surface area contributed by atoms with Crippen LogP contribution in [0.4, 0.5) is 0 Å². The fourth-order valence-corrected chi connectivity index (χ4v) is 4.37. The molecule has 0 saturated carbocycles. The Kier molecular flexibility index (Phi) is 11.8. The quantitative estimate of drug-likeness (QED) is 0.344. The summed E-state index contributed by atoms with van der Waals surface area (Å²) in [6.07, 6.45) is 9.97. The molecule has 5 atom stereocenters. The van der Waals surface area contributed by atoms with E-state index < -0.39 is 10.1 Å². The predicted octanol–water partition coefficient (Wildman–Crippen LogP) is 3.35. The Morgan fingerprint density at radius 1 is 1.08 bits per heavy atom. The summed E-state index contributed by atoms with van der Waals surface area (Å²) >= 11 is 0. The molecular weight excluding hydrogens is 324 g/mol. The van der Waals surface area contributed by atoms with E-state index in [-0.39, 0.29) is 29.7 Å². The Bertz CT molecular complexity index is 449. The molecule has 5 nitrogen and oxygen atoms in total. The van der Waals surface area contributed by atoms with Gasteiger partial charge in [-0.05, 0) is 57.3 Å². The molecule has 0 heterocycles. The van der Waals surface area contributed by atoms with Gasteiger partial charge in [-0.2, -0.15) is 8.42 Å². The van der Waals surface area contributed by atoms with Gasteiger partial charge in [0, 0.05) is 12.1 Å². The molecule has 0 aromatic heterocycles. The summed E-state index contributed by atoms with van der Waals surface area (Å²) < 4.78 is 31.6. The van der Waals surface area contributed by atoms with Crippen LogP contribution in [0, 0.1) is 17.8 Å². The molecule has 0 aromatic rings. The standard InChI is InChI=1S/C18H38N2O3S/c1-5-8-15(10-11-18(20)16(7-3)9-6-2)12-17(14(4)19)13-24(21,22)23/h5,8,14-18H,6-7,9-13,19-20H2,1-4H3,(H,21,22,23)/b8-5-. The lowest BCUT2D eigenvalue weighted by molar-refractivity contribution is 0.319. The summed E-state index contributed by atoms with van der Waals surface area (Å²) in [5, 5.41) is 0. The van der Waals surface area contributed by atoms with Crippen LogP contribution in [0.15, 0.2) is 12.2 Å². The van der Waals surface area contributed by atoms with E-state index in [4.69, 9.17) is 16.0 Å². The molecule has 0 saturated heterocycles. The van der Waals surface area contributed by atoms with Crippen molar-refractivity contribution in [2.75, 3.05) is 5.75 Å². The Balaban J connectivity index is 4.78. The molecule has 0 fully saturated rings. The first-order valence-corrected chi connectivity index (χ1v) is 10.8. The van der Waals surface area contributed by atoms with E-state index in [0.717, 1.165) is 32.1 Å². The molecule has 0 radical (unpaired) electrons. The average Bonchev–Trinajstić information content (AvgIpc) is 2.47. The molecule has 0 amide bonds. The van der Waals surface area contributed by atoms with Crippen molar-refractivity contribution < 1.29 is 13.0 Å². The molecule has 144 valence electrons. The van der Waals surface area contributed by atoms with Gasteiger partial charge in [-0.15, -0.1) is 0 Å². The zero-order chi connectivity index (χ0) is 18.8. The van der Waals surface area contributed by atoms with Gasteiger partial charge in [0.1, 0.15) is 0 Å². The van der Waals surface area contributed by atoms with Crippen LogP contribution in [0.2, 0.25) is 0 Å². The molecule has 6 heteroatoms. The third kappa shape index (κ3) is 10.4. The summed E-state index contributed by atoms with van der Waals surface area (Å²) in [6, 6.07) is -0.102.